The number of morpholine rings is 1. The van der Waals surface area contributed by atoms with Crippen LogP contribution in [0.2, 0.25) is 0 Å². The Morgan fingerprint density at radius 2 is 2.22 bits per heavy atom. The Hall–Kier alpha value is -1.66. The first-order chi connectivity index (χ1) is 10.9. The van der Waals surface area contributed by atoms with Gasteiger partial charge in [0.25, 0.3) is 0 Å². The average Bonchev–Trinajstić information content (AvgIpc) is 2.45. The molecule has 1 fully saturated rings. The minimum absolute atomic E-state index is 0.102. The number of hydrogen-bond donors (Lipinski definition) is 2. The van der Waals surface area contributed by atoms with E-state index >= 15 is 0 Å². The van der Waals surface area contributed by atoms with Gasteiger partial charge in [-0.2, -0.15) is 0 Å². The van der Waals surface area contributed by atoms with E-state index in [9.17, 15) is 9.18 Å². The summed E-state index contributed by atoms with van der Waals surface area (Å²) in [6, 6.07) is 3.86. The van der Waals surface area contributed by atoms with Gasteiger partial charge in [-0.25, -0.2) is 4.39 Å². The van der Waals surface area contributed by atoms with Gasteiger partial charge in [-0.1, -0.05) is 6.07 Å². The van der Waals surface area contributed by atoms with Crippen molar-refractivity contribution in [1.82, 2.24) is 10.6 Å². The zero-order valence-electron chi connectivity index (χ0n) is 13.7. The highest BCUT2D eigenvalue weighted by atomic mass is 19.1. The monoisotopic (exact) mass is 322 g/mol. The van der Waals surface area contributed by atoms with Gasteiger partial charge in [-0.15, -0.1) is 0 Å². The molecular formula is C17H23FN2O3. The van der Waals surface area contributed by atoms with Gasteiger partial charge < -0.3 is 20.1 Å². The topological polar surface area (TPSA) is 59.6 Å². The van der Waals surface area contributed by atoms with E-state index in [-0.39, 0.29) is 29.9 Å². The number of halogens is 1. The summed E-state index contributed by atoms with van der Waals surface area (Å²) in [5.74, 6) is 0.0464. The summed E-state index contributed by atoms with van der Waals surface area (Å²) in [6.07, 6.45) is 0.448. The van der Waals surface area contributed by atoms with Gasteiger partial charge in [0.15, 0.2) is 0 Å². The highest BCUT2D eigenvalue weighted by Gasteiger charge is 2.37. The molecule has 1 aromatic rings. The molecule has 2 N–H and O–H groups in total. The Kier molecular flexibility index (Phi) is 4.29. The predicted molar refractivity (Wildman–Crippen MR) is 83.8 cm³/mol. The highest BCUT2D eigenvalue weighted by Crippen LogP contribution is 2.39. The standard InChI is InChI=1S/C17H23FN2O3/c1-10-15(19-6-7-22-10)16(21)20-13-9-17(2,3)23-14-8-11(18)4-5-12(13)14/h4-5,8,10,13,15,19H,6-7,9H2,1-3H3,(H,20,21)/t10-,13?,15+/m1/s1. The number of nitrogens with one attached hydrogen (secondary N) is 2. The molecule has 1 amide bonds. The summed E-state index contributed by atoms with van der Waals surface area (Å²) in [7, 11) is 0. The summed E-state index contributed by atoms with van der Waals surface area (Å²) in [6.45, 7) is 7.02. The van der Waals surface area contributed by atoms with Crippen molar-refractivity contribution in [3.63, 3.8) is 0 Å². The van der Waals surface area contributed by atoms with Crippen LogP contribution in [-0.2, 0) is 9.53 Å². The lowest BCUT2D eigenvalue weighted by Crippen LogP contribution is -2.56. The molecule has 0 bridgehead atoms. The van der Waals surface area contributed by atoms with E-state index in [1.165, 1.54) is 12.1 Å². The molecule has 2 aliphatic rings. The van der Waals surface area contributed by atoms with Crippen LogP contribution in [0, 0.1) is 5.82 Å². The third kappa shape index (κ3) is 3.48. The first-order valence-corrected chi connectivity index (χ1v) is 7.99. The number of carbonyl (C=O) groups excluding carboxylic acids is 1. The Labute approximate surface area is 135 Å². The smallest absolute Gasteiger partial charge is 0.240 e. The summed E-state index contributed by atoms with van der Waals surface area (Å²) in [4.78, 5) is 12.6. The maximum atomic E-state index is 13.5. The number of ether oxygens (including phenoxy) is 2. The second-order valence-electron chi connectivity index (χ2n) is 6.82. The molecule has 3 atom stereocenters. The zero-order valence-corrected chi connectivity index (χ0v) is 13.7. The van der Waals surface area contributed by atoms with Gasteiger partial charge in [-0.3, -0.25) is 4.79 Å². The Bertz CT molecular complexity index is 606. The fraction of sp³-hybridized carbons (Fsp3) is 0.588. The normalized spacial score (nSPS) is 29.3. The van der Waals surface area contributed by atoms with Gasteiger partial charge in [0.05, 0.1) is 18.8 Å². The molecule has 6 heteroatoms. The van der Waals surface area contributed by atoms with E-state index < -0.39 is 5.60 Å². The molecule has 5 nitrogen and oxygen atoms in total. The van der Waals surface area contributed by atoms with Crippen LogP contribution < -0.4 is 15.4 Å². The maximum absolute atomic E-state index is 13.5. The van der Waals surface area contributed by atoms with Crippen LogP contribution in [0.1, 0.15) is 38.8 Å². The fourth-order valence-corrected chi connectivity index (χ4v) is 3.24. The van der Waals surface area contributed by atoms with Crippen molar-refractivity contribution in [2.24, 2.45) is 0 Å². The molecule has 0 spiro atoms. The molecule has 126 valence electrons. The number of amides is 1. The Morgan fingerprint density at radius 3 is 2.96 bits per heavy atom. The molecular weight excluding hydrogens is 299 g/mol. The van der Waals surface area contributed by atoms with E-state index in [2.05, 4.69) is 10.6 Å². The van der Waals surface area contributed by atoms with Crippen molar-refractivity contribution in [3.8, 4) is 5.75 Å². The van der Waals surface area contributed by atoms with Crippen LogP contribution in [0.4, 0.5) is 4.39 Å². The molecule has 2 aliphatic heterocycles. The first kappa shape index (κ1) is 16.2. The molecule has 0 radical (unpaired) electrons. The van der Waals surface area contributed by atoms with Crippen molar-refractivity contribution in [3.05, 3.63) is 29.6 Å². The molecule has 0 aromatic heterocycles. The van der Waals surface area contributed by atoms with E-state index in [1.54, 1.807) is 6.07 Å². The molecule has 0 saturated carbocycles. The number of carbonyl (C=O) groups is 1. The summed E-state index contributed by atoms with van der Waals surface area (Å²) in [5.41, 5.74) is 0.337. The van der Waals surface area contributed by atoms with Crippen molar-refractivity contribution >= 4 is 5.91 Å². The zero-order chi connectivity index (χ0) is 16.6. The molecule has 2 heterocycles. The van der Waals surface area contributed by atoms with Crippen molar-refractivity contribution in [2.75, 3.05) is 13.2 Å². The Morgan fingerprint density at radius 1 is 1.43 bits per heavy atom. The van der Waals surface area contributed by atoms with Crippen molar-refractivity contribution in [2.45, 2.75) is 51.0 Å². The fourth-order valence-electron chi connectivity index (χ4n) is 3.24. The van der Waals surface area contributed by atoms with Gasteiger partial charge in [0.1, 0.15) is 23.2 Å². The average molecular weight is 322 g/mol. The second kappa shape index (κ2) is 6.09. The number of hydrogen-bond acceptors (Lipinski definition) is 4. The SMILES string of the molecule is C[C@H]1OCCN[C@@H]1C(=O)NC1CC(C)(C)Oc2cc(F)ccc21. The van der Waals surface area contributed by atoms with Gasteiger partial charge in [0.2, 0.25) is 5.91 Å². The lowest BCUT2D eigenvalue weighted by molar-refractivity contribution is -0.130. The van der Waals surface area contributed by atoms with Gasteiger partial charge in [-0.05, 0) is 26.8 Å². The molecule has 23 heavy (non-hydrogen) atoms. The summed E-state index contributed by atoms with van der Waals surface area (Å²) in [5, 5.41) is 6.25. The lowest BCUT2D eigenvalue weighted by Gasteiger charge is -2.39. The largest absolute Gasteiger partial charge is 0.487 e. The number of benzene rings is 1. The van der Waals surface area contributed by atoms with Crippen molar-refractivity contribution in [1.29, 1.82) is 0 Å². The van der Waals surface area contributed by atoms with Gasteiger partial charge in [0, 0.05) is 24.6 Å². The van der Waals surface area contributed by atoms with Crippen LogP contribution in [0.3, 0.4) is 0 Å². The van der Waals surface area contributed by atoms with E-state index in [0.29, 0.717) is 25.3 Å². The van der Waals surface area contributed by atoms with Crippen molar-refractivity contribution < 1.29 is 18.7 Å². The third-order valence-corrected chi connectivity index (χ3v) is 4.35. The van der Waals surface area contributed by atoms with Crippen LogP contribution in [0.25, 0.3) is 0 Å². The maximum Gasteiger partial charge on any atom is 0.240 e. The highest BCUT2D eigenvalue weighted by molar-refractivity contribution is 5.83. The second-order valence-corrected chi connectivity index (χ2v) is 6.82. The lowest BCUT2D eigenvalue weighted by atomic mass is 9.89. The molecule has 1 aromatic carbocycles. The number of rotatable bonds is 2. The van der Waals surface area contributed by atoms with Crippen LogP contribution >= 0.6 is 0 Å². The minimum atomic E-state index is -0.471. The quantitative estimate of drug-likeness (QED) is 0.873. The third-order valence-electron chi connectivity index (χ3n) is 4.35. The van der Waals surface area contributed by atoms with Crippen LogP contribution in [0.15, 0.2) is 18.2 Å². The van der Waals surface area contributed by atoms with E-state index in [1.807, 2.05) is 20.8 Å². The molecule has 3 rings (SSSR count). The molecule has 1 saturated heterocycles. The summed E-state index contributed by atoms with van der Waals surface area (Å²) < 4.78 is 24.9. The van der Waals surface area contributed by atoms with E-state index in [0.717, 1.165) is 5.56 Å². The molecule has 1 unspecified atom stereocenters. The Balaban J connectivity index is 1.81. The predicted octanol–water partition coefficient (Wildman–Crippen LogP) is 1.92. The summed E-state index contributed by atoms with van der Waals surface area (Å²) >= 11 is 0. The number of fused-ring (bicyclic) bond motifs is 1. The minimum Gasteiger partial charge on any atom is -0.487 e. The molecule has 0 aliphatic carbocycles. The van der Waals surface area contributed by atoms with Gasteiger partial charge >= 0.3 is 0 Å². The first-order valence-electron chi connectivity index (χ1n) is 7.99. The van der Waals surface area contributed by atoms with Crippen LogP contribution in [-0.4, -0.2) is 36.8 Å². The van der Waals surface area contributed by atoms with Crippen LogP contribution in [0.5, 0.6) is 5.75 Å². The van der Waals surface area contributed by atoms with E-state index in [4.69, 9.17) is 9.47 Å².